The molecule has 0 aliphatic heterocycles. The van der Waals surface area contributed by atoms with Gasteiger partial charge in [-0.2, -0.15) is 31.4 Å². The van der Waals surface area contributed by atoms with Gasteiger partial charge in [0.1, 0.15) is 18.2 Å². The molecule has 2 N–H and O–H groups in total. The molecule has 1 saturated carbocycles. The number of hydrogen-bond acceptors (Lipinski definition) is 4. The van der Waals surface area contributed by atoms with E-state index in [0.717, 1.165) is 22.9 Å². The van der Waals surface area contributed by atoms with Gasteiger partial charge in [-0.1, -0.05) is 0 Å². The van der Waals surface area contributed by atoms with Crippen LogP contribution < -0.4 is 10.1 Å². The summed E-state index contributed by atoms with van der Waals surface area (Å²) >= 11 is 0. The van der Waals surface area contributed by atoms with Crippen LogP contribution in [0.25, 0.3) is 0 Å². The van der Waals surface area contributed by atoms with Crippen molar-refractivity contribution in [2.24, 2.45) is 5.41 Å². The first-order chi connectivity index (χ1) is 15.2. The Morgan fingerprint density at radius 3 is 2.27 bits per heavy atom. The van der Waals surface area contributed by atoms with E-state index in [1.54, 1.807) is 7.05 Å². The molecule has 14 heteroatoms. The monoisotopic (exact) mass is 489 g/mol. The van der Waals surface area contributed by atoms with E-state index >= 15 is 0 Å². The first kappa shape index (κ1) is 26.4. The summed E-state index contributed by atoms with van der Waals surface area (Å²) in [6.45, 7) is -0.328. The van der Waals surface area contributed by atoms with E-state index in [9.17, 15) is 35.1 Å². The lowest BCUT2D eigenvalue weighted by Crippen LogP contribution is -2.30. The summed E-state index contributed by atoms with van der Waals surface area (Å²) < 4.78 is 105. The third-order valence-corrected chi connectivity index (χ3v) is 4.68. The molecule has 1 aromatic carbocycles. The fraction of sp³-hybridized carbons (Fsp3) is 0.474. The number of benzene rings is 1. The molecule has 2 aromatic rings. The van der Waals surface area contributed by atoms with Crippen molar-refractivity contribution in [3.8, 4) is 5.88 Å². The minimum Gasteiger partial charge on any atom is -0.475 e. The molecule has 1 aromatic heterocycles. The van der Waals surface area contributed by atoms with E-state index in [2.05, 4.69) is 10.4 Å². The zero-order valence-electron chi connectivity index (χ0n) is 17.0. The largest absolute Gasteiger partial charge is 0.490 e. The van der Waals surface area contributed by atoms with Crippen molar-refractivity contribution in [3.05, 3.63) is 47.2 Å². The number of carboxylic acids is 1. The summed E-state index contributed by atoms with van der Waals surface area (Å²) in [7, 11) is 1.68. The molecule has 0 bridgehead atoms. The lowest BCUT2D eigenvalue weighted by Gasteiger charge is -2.20. The molecular formula is C19H19F8N3O3. The second-order valence-corrected chi connectivity index (χ2v) is 7.27. The second-order valence-electron chi connectivity index (χ2n) is 7.27. The highest BCUT2D eigenvalue weighted by Gasteiger charge is 2.63. The number of carbonyl (C=O) groups is 1. The first-order valence-electron chi connectivity index (χ1n) is 9.33. The van der Waals surface area contributed by atoms with Crippen LogP contribution in [0.5, 0.6) is 5.88 Å². The van der Waals surface area contributed by atoms with E-state index in [-0.39, 0.29) is 37.4 Å². The van der Waals surface area contributed by atoms with Crippen molar-refractivity contribution >= 4 is 5.97 Å². The Morgan fingerprint density at radius 2 is 1.79 bits per heavy atom. The van der Waals surface area contributed by atoms with Crippen molar-refractivity contribution in [3.63, 3.8) is 0 Å². The minimum absolute atomic E-state index is 0.0233. The van der Waals surface area contributed by atoms with E-state index < -0.39 is 35.4 Å². The molecule has 1 fully saturated rings. The van der Waals surface area contributed by atoms with Gasteiger partial charge in [-0.05, 0) is 38.1 Å². The fourth-order valence-corrected chi connectivity index (χ4v) is 2.72. The molecule has 1 aliphatic rings. The number of alkyl halides is 6. The van der Waals surface area contributed by atoms with Gasteiger partial charge < -0.3 is 15.2 Å². The maximum absolute atomic E-state index is 13.7. The molecule has 0 saturated heterocycles. The lowest BCUT2D eigenvalue weighted by atomic mass is 10.1. The van der Waals surface area contributed by atoms with E-state index in [0.29, 0.717) is 12.2 Å². The van der Waals surface area contributed by atoms with Crippen LogP contribution in [0, 0.1) is 17.0 Å². The number of aromatic nitrogens is 2. The van der Waals surface area contributed by atoms with Crippen LogP contribution in [0.2, 0.25) is 0 Å². The standard InChI is InChI=1S/C17H18F5N3O.C2HF3O2/c1-23-8-13-7-15(26-9-11-6-12(18)2-3-14(11)19)25(24-13)10-16(4-5-16)17(20,21)22;3-2(4,5)1(6)7/h2-3,6-7,23H,4-5,8-10H2,1H3;(H,6,7). The van der Waals surface area contributed by atoms with Crippen LogP contribution in [0.3, 0.4) is 0 Å². The average molecular weight is 489 g/mol. The zero-order valence-corrected chi connectivity index (χ0v) is 17.0. The van der Waals surface area contributed by atoms with Crippen LogP contribution >= 0.6 is 0 Å². The van der Waals surface area contributed by atoms with Gasteiger partial charge in [0.05, 0.1) is 17.7 Å². The van der Waals surface area contributed by atoms with Crippen LogP contribution in [-0.2, 0) is 24.5 Å². The van der Waals surface area contributed by atoms with Crippen molar-refractivity contribution in [2.45, 2.75) is 44.9 Å². The Hall–Kier alpha value is -2.90. The van der Waals surface area contributed by atoms with Gasteiger partial charge in [0.25, 0.3) is 0 Å². The number of aliphatic carboxylic acids is 1. The van der Waals surface area contributed by atoms with Crippen LogP contribution in [0.4, 0.5) is 35.1 Å². The van der Waals surface area contributed by atoms with Gasteiger partial charge in [-0.15, -0.1) is 0 Å². The third kappa shape index (κ3) is 7.04. The van der Waals surface area contributed by atoms with Gasteiger partial charge in [0.2, 0.25) is 5.88 Å². The highest BCUT2D eigenvalue weighted by molar-refractivity contribution is 5.73. The molecule has 0 spiro atoms. The molecule has 1 aliphatic carbocycles. The first-order valence-corrected chi connectivity index (χ1v) is 9.33. The number of hydrogen-bond donors (Lipinski definition) is 2. The van der Waals surface area contributed by atoms with Crippen molar-refractivity contribution in [1.82, 2.24) is 15.1 Å². The maximum atomic E-state index is 13.7. The molecular weight excluding hydrogens is 470 g/mol. The lowest BCUT2D eigenvalue weighted by molar-refractivity contribution is -0.193. The predicted molar refractivity (Wildman–Crippen MR) is 97.1 cm³/mol. The van der Waals surface area contributed by atoms with E-state index in [1.165, 1.54) is 6.07 Å². The van der Waals surface area contributed by atoms with Gasteiger partial charge in [-0.3, -0.25) is 0 Å². The zero-order chi connectivity index (χ0) is 25.0. The molecule has 0 atom stereocenters. The number of rotatable bonds is 7. The Bertz CT molecular complexity index is 968. The number of nitrogens with one attached hydrogen (secondary N) is 1. The molecule has 33 heavy (non-hydrogen) atoms. The SMILES string of the molecule is CNCc1cc(OCc2cc(F)ccc2F)n(CC2(C(F)(F)F)CC2)n1.O=C(O)C(F)(F)F. The quantitative estimate of drug-likeness (QED) is 0.563. The Labute approximate surface area is 182 Å². The van der Waals surface area contributed by atoms with E-state index in [1.807, 2.05) is 0 Å². The van der Waals surface area contributed by atoms with Gasteiger partial charge in [0, 0.05) is 18.2 Å². The Morgan fingerprint density at radius 1 is 1.18 bits per heavy atom. The van der Waals surface area contributed by atoms with Gasteiger partial charge in [-0.25, -0.2) is 18.3 Å². The summed E-state index contributed by atoms with van der Waals surface area (Å²) in [6.07, 6.45) is -9.33. The number of carboxylic acid groups (broad SMARTS) is 1. The summed E-state index contributed by atoms with van der Waals surface area (Å²) in [6, 6.07) is 4.44. The van der Waals surface area contributed by atoms with Crippen molar-refractivity contribution < 1.29 is 49.8 Å². The van der Waals surface area contributed by atoms with Crippen LogP contribution in [0.1, 0.15) is 24.1 Å². The predicted octanol–water partition coefficient (Wildman–Crippen LogP) is 4.44. The molecule has 0 unspecified atom stereocenters. The highest BCUT2D eigenvalue weighted by Crippen LogP contribution is 2.58. The number of nitrogens with zero attached hydrogens (tertiary/aromatic N) is 2. The number of ether oxygens (including phenoxy) is 1. The van der Waals surface area contributed by atoms with Crippen LogP contribution in [0.15, 0.2) is 24.3 Å². The average Bonchev–Trinajstić information content (AvgIpc) is 3.39. The summed E-state index contributed by atoms with van der Waals surface area (Å²) in [4.78, 5) is 8.90. The van der Waals surface area contributed by atoms with Crippen molar-refractivity contribution in [1.29, 1.82) is 0 Å². The molecule has 1 heterocycles. The van der Waals surface area contributed by atoms with E-state index in [4.69, 9.17) is 14.6 Å². The number of halogens is 8. The molecule has 184 valence electrons. The van der Waals surface area contributed by atoms with Gasteiger partial charge in [0.15, 0.2) is 0 Å². The topological polar surface area (TPSA) is 76.4 Å². The summed E-state index contributed by atoms with van der Waals surface area (Å²) in [5, 5.41) is 14.1. The maximum Gasteiger partial charge on any atom is 0.490 e. The summed E-state index contributed by atoms with van der Waals surface area (Å²) in [5.74, 6) is -3.94. The molecule has 6 nitrogen and oxygen atoms in total. The molecule has 0 radical (unpaired) electrons. The van der Waals surface area contributed by atoms with Gasteiger partial charge >= 0.3 is 18.3 Å². The smallest absolute Gasteiger partial charge is 0.475 e. The highest BCUT2D eigenvalue weighted by atomic mass is 19.4. The fourth-order valence-electron chi connectivity index (χ4n) is 2.72. The Kier molecular flexibility index (Phi) is 7.93. The second kappa shape index (κ2) is 9.93. The summed E-state index contributed by atoms with van der Waals surface area (Å²) in [5.41, 5.74) is -1.32. The third-order valence-electron chi connectivity index (χ3n) is 4.68. The van der Waals surface area contributed by atoms with Crippen LogP contribution in [-0.4, -0.2) is 40.3 Å². The minimum atomic E-state index is -5.08. The van der Waals surface area contributed by atoms with Crippen molar-refractivity contribution in [2.75, 3.05) is 7.05 Å². The normalized spacial score (nSPS) is 14.9. The Balaban J connectivity index is 0.000000479. The molecule has 0 amide bonds. The molecule has 3 rings (SSSR count).